The summed E-state index contributed by atoms with van der Waals surface area (Å²) in [6.07, 6.45) is 0. The van der Waals surface area contributed by atoms with E-state index in [9.17, 15) is 13.2 Å². The Morgan fingerprint density at radius 3 is 2.59 bits per heavy atom. The van der Waals surface area contributed by atoms with Gasteiger partial charge in [0.25, 0.3) is 10.4 Å². The second kappa shape index (κ2) is 6.72. The number of hydrogen-bond donors (Lipinski definition) is 2. The molecule has 2 rings (SSSR count). The van der Waals surface area contributed by atoms with E-state index in [-0.39, 0.29) is 10.9 Å². The van der Waals surface area contributed by atoms with E-state index in [0.717, 1.165) is 0 Å². The number of nitrogens with one attached hydrogen (secondary N) is 2. The van der Waals surface area contributed by atoms with Crippen LogP contribution in [-0.4, -0.2) is 49.4 Å². The highest BCUT2D eigenvalue weighted by atomic mass is 35.5. The first-order valence-corrected chi connectivity index (χ1v) is 8.96. The van der Waals surface area contributed by atoms with Crippen molar-refractivity contribution in [1.82, 2.24) is 14.9 Å². The van der Waals surface area contributed by atoms with Crippen LogP contribution < -0.4 is 10.0 Å². The van der Waals surface area contributed by atoms with Crippen LogP contribution in [0.2, 0.25) is 0 Å². The number of amides is 1. The van der Waals surface area contributed by atoms with Gasteiger partial charge in [0.05, 0.1) is 4.90 Å². The molecule has 1 heterocycles. The van der Waals surface area contributed by atoms with E-state index in [4.69, 9.17) is 23.2 Å². The van der Waals surface area contributed by atoms with Crippen LogP contribution in [0.25, 0.3) is 0 Å². The Morgan fingerprint density at radius 2 is 2.00 bits per heavy atom. The second-order valence-corrected chi connectivity index (χ2v) is 8.05. The minimum absolute atomic E-state index is 0.0122. The van der Waals surface area contributed by atoms with E-state index in [0.29, 0.717) is 19.6 Å². The van der Waals surface area contributed by atoms with Crippen molar-refractivity contribution in [3.8, 4) is 0 Å². The third kappa shape index (κ3) is 3.91. The van der Waals surface area contributed by atoms with Gasteiger partial charge in [0.2, 0.25) is 10.0 Å². The van der Waals surface area contributed by atoms with Crippen LogP contribution in [0.1, 0.15) is 6.92 Å². The van der Waals surface area contributed by atoms with E-state index in [1.807, 2.05) is 6.92 Å². The van der Waals surface area contributed by atoms with Crippen molar-refractivity contribution in [2.45, 2.75) is 22.3 Å². The lowest BCUT2D eigenvalue weighted by Crippen LogP contribution is -2.59. The highest BCUT2D eigenvalue weighted by Crippen LogP contribution is 2.25. The monoisotopic (exact) mass is 365 g/mol. The summed E-state index contributed by atoms with van der Waals surface area (Å²) in [6.45, 7) is 3.44. The molecule has 1 saturated heterocycles. The number of rotatable bonds is 4. The summed E-state index contributed by atoms with van der Waals surface area (Å²) in [5.41, 5.74) is 0. The highest BCUT2D eigenvalue weighted by Gasteiger charge is 2.43. The fraction of sp³-hybridized carbons (Fsp3) is 0.462. The Morgan fingerprint density at radius 1 is 1.36 bits per heavy atom. The van der Waals surface area contributed by atoms with Crippen LogP contribution in [0.4, 0.5) is 0 Å². The number of benzene rings is 1. The summed E-state index contributed by atoms with van der Waals surface area (Å²) in [5, 5.41) is 3.13. The topological polar surface area (TPSA) is 78.5 Å². The molecule has 1 amide bonds. The summed E-state index contributed by atoms with van der Waals surface area (Å²) in [7, 11) is -4.00. The number of nitrogens with zero attached hydrogens (tertiary/aromatic N) is 1. The van der Waals surface area contributed by atoms with Gasteiger partial charge >= 0.3 is 0 Å². The Kier molecular flexibility index (Phi) is 5.34. The number of halogens is 2. The maximum absolute atomic E-state index is 12.4. The SMILES string of the molecule is C[C@H]1CNCCN1C(=O)C(Cl)(Cl)NS(=O)(=O)c1ccccc1. The molecule has 0 radical (unpaired) electrons. The van der Waals surface area contributed by atoms with Crippen LogP contribution in [0.3, 0.4) is 0 Å². The largest absolute Gasteiger partial charge is 0.334 e. The first-order chi connectivity index (χ1) is 10.2. The van der Waals surface area contributed by atoms with Gasteiger partial charge in [0.15, 0.2) is 0 Å². The maximum Gasteiger partial charge on any atom is 0.275 e. The minimum atomic E-state index is -4.00. The molecule has 0 aliphatic carbocycles. The van der Waals surface area contributed by atoms with Crippen molar-refractivity contribution < 1.29 is 13.2 Å². The number of carbonyl (C=O) groups is 1. The lowest BCUT2D eigenvalue weighted by atomic mass is 10.2. The van der Waals surface area contributed by atoms with Gasteiger partial charge in [0.1, 0.15) is 0 Å². The van der Waals surface area contributed by atoms with Crippen molar-refractivity contribution in [2.75, 3.05) is 19.6 Å². The quantitative estimate of drug-likeness (QED) is 0.614. The minimum Gasteiger partial charge on any atom is -0.334 e. The fourth-order valence-electron chi connectivity index (χ4n) is 2.19. The summed E-state index contributed by atoms with van der Waals surface area (Å²) in [5.74, 6) is -0.677. The van der Waals surface area contributed by atoms with Gasteiger partial charge < -0.3 is 10.2 Å². The standard InChI is InChI=1S/C13H17Cl2N3O3S/c1-10-9-16-7-8-18(10)12(19)13(14,15)17-22(20,21)11-5-3-2-4-6-11/h2-6,10,16-17H,7-9H2,1H3/t10-/m0/s1. The molecule has 0 unspecified atom stereocenters. The van der Waals surface area contributed by atoms with Crippen molar-refractivity contribution in [1.29, 1.82) is 0 Å². The molecule has 2 N–H and O–H groups in total. The molecular weight excluding hydrogens is 349 g/mol. The normalized spacial score (nSPS) is 20.0. The van der Waals surface area contributed by atoms with Crippen molar-refractivity contribution in [3.05, 3.63) is 30.3 Å². The van der Waals surface area contributed by atoms with E-state index >= 15 is 0 Å². The van der Waals surface area contributed by atoms with Crippen molar-refractivity contribution >= 4 is 39.1 Å². The smallest absolute Gasteiger partial charge is 0.275 e. The van der Waals surface area contributed by atoms with Gasteiger partial charge in [-0.15, -0.1) is 0 Å². The van der Waals surface area contributed by atoms with Crippen LogP contribution in [0.5, 0.6) is 0 Å². The number of piperazine rings is 1. The molecule has 1 aromatic carbocycles. The van der Waals surface area contributed by atoms with E-state index < -0.39 is 20.4 Å². The van der Waals surface area contributed by atoms with Gasteiger partial charge in [-0.3, -0.25) is 4.79 Å². The van der Waals surface area contributed by atoms with Crippen LogP contribution in [-0.2, 0) is 14.8 Å². The lowest BCUT2D eigenvalue weighted by molar-refractivity contribution is -0.135. The average Bonchev–Trinajstić information content (AvgIpc) is 2.47. The Bertz CT molecular complexity index is 637. The van der Waals surface area contributed by atoms with Gasteiger partial charge in [-0.1, -0.05) is 41.4 Å². The molecule has 0 saturated carbocycles. The molecule has 1 atom stereocenters. The van der Waals surface area contributed by atoms with Gasteiger partial charge in [-0.2, -0.15) is 4.72 Å². The Labute approximate surface area is 139 Å². The van der Waals surface area contributed by atoms with Crippen LogP contribution in [0.15, 0.2) is 35.2 Å². The van der Waals surface area contributed by atoms with Crippen LogP contribution in [0, 0.1) is 0 Å². The van der Waals surface area contributed by atoms with Gasteiger partial charge in [-0.05, 0) is 19.1 Å². The summed E-state index contributed by atoms with van der Waals surface area (Å²) in [6, 6.07) is 7.48. The lowest BCUT2D eigenvalue weighted by Gasteiger charge is -2.37. The molecule has 0 spiro atoms. The van der Waals surface area contributed by atoms with Crippen molar-refractivity contribution in [3.63, 3.8) is 0 Å². The number of alkyl halides is 2. The molecular formula is C13H17Cl2N3O3S. The molecule has 1 aliphatic rings. The molecule has 9 heteroatoms. The highest BCUT2D eigenvalue weighted by molar-refractivity contribution is 7.89. The third-order valence-electron chi connectivity index (χ3n) is 3.35. The van der Waals surface area contributed by atoms with E-state index in [2.05, 4.69) is 10.0 Å². The number of carbonyl (C=O) groups excluding carboxylic acids is 1. The summed E-state index contributed by atoms with van der Waals surface area (Å²) < 4.78 is 24.3. The predicted molar refractivity (Wildman–Crippen MR) is 85.2 cm³/mol. The van der Waals surface area contributed by atoms with Crippen molar-refractivity contribution in [2.24, 2.45) is 0 Å². The summed E-state index contributed by atoms with van der Waals surface area (Å²) in [4.78, 5) is 13.9. The van der Waals surface area contributed by atoms with Gasteiger partial charge in [-0.25, -0.2) is 8.42 Å². The van der Waals surface area contributed by atoms with E-state index in [1.165, 1.54) is 17.0 Å². The molecule has 0 bridgehead atoms. The fourth-order valence-corrected chi connectivity index (χ4v) is 4.08. The zero-order chi connectivity index (χ0) is 16.4. The molecule has 1 aromatic rings. The molecule has 122 valence electrons. The summed E-state index contributed by atoms with van der Waals surface area (Å²) >= 11 is 12.0. The number of hydrogen-bond acceptors (Lipinski definition) is 4. The zero-order valence-corrected chi connectivity index (χ0v) is 14.2. The first-order valence-electron chi connectivity index (χ1n) is 6.73. The first kappa shape index (κ1) is 17.5. The molecule has 0 aromatic heterocycles. The van der Waals surface area contributed by atoms with Crippen LogP contribution >= 0.6 is 23.2 Å². The number of sulfonamides is 1. The van der Waals surface area contributed by atoms with E-state index in [1.54, 1.807) is 18.2 Å². The second-order valence-electron chi connectivity index (χ2n) is 5.04. The molecule has 22 heavy (non-hydrogen) atoms. The third-order valence-corrected chi connectivity index (χ3v) is 5.55. The predicted octanol–water partition coefficient (Wildman–Crippen LogP) is 0.917. The molecule has 1 aliphatic heterocycles. The zero-order valence-electron chi connectivity index (χ0n) is 11.9. The Hall–Kier alpha value is -0.860. The average molecular weight is 366 g/mol. The molecule has 1 fully saturated rings. The Balaban J connectivity index is 2.18. The maximum atomic E-state index is 12.4. The van der Waals surface area contributed by atoms with Gasteiger partial charge in [0, 0.05) is 25.7 Å². The molecule has 6 nitrogen and oxygen atoms in total.